The molecule has 0 spiro atoms. The third kappa shape index (κ3) is 10.0. The lowest BCUT2D eigenvalue weighted by molar-refractivity contribution is -0.134. The van der Waals surface area contributed by atoms with Crippen LogP contribution in [0.25, 0.3) is 6.08 Å². The van der Waals surface area contributed by atoms with Crippen LogP contribution in [0.15, 0.2) is 54.6 Å². The fourth-order valence-corrected chi connectivity index (χ4v) is 3.09. The van der Waals surface area contributed by atoms with Gasteiger partial charge in [-0.3, -0.25) is 0 Å². The summed E-state index contributed by atoms with van der Waals surface area (Å²) in [6.07, 6.45) is 8.10. The molecule has 0 bridgehead atoms. The van der Waals surface area contributed by atoms with Crippen LogP contribution in [0.4, 0.5) is 0 Å². The second kappa shape index (κ2) is 13.3. The van der Waals surface area contributed by atoms with Gasteiger partial charge in [0.05, 0.1) is 13.7 Å². The predicted octanol–water partition coefficient (Wildman–Crippen LogP) is 6.50. The van der Waals surface area contributed by atoms with Gasteiger partial charge in [-0.15, -0.1) is 0 Å². The molecule has 0 N–H and O–H groups in total. The molecule has 2 aromatic rings. The van der Waals surface area contributed by atoms with Crippen LogP contribution in [0.3, 0.4) is 0 Å². The van der Waals surface area contributed by atoms with Crippen LogP contribution in [0, 0.1) is 23.7 Å². The van der Waals surface area contributed by atoms with Gasteiger partial charge in [-0.25, -0.2) is 4.79 Å². The summed E-state index contributed by atoms with van der Waals surface area (Å²) in [5.41, 5.74) is 2.79. The van der Waals surface area contributed by atoms with E-state index in [4.69, 9.17) is 4.74 Å². The number of carbonyl (C=O) groups excluding carboxylic acids is 1. The van der Waals surface area contributed by atoms with Crippen molar-refractivity contribution in [2.45, 2.75) is 46.5 Å². The maximum Gasteiger partial charge on any atom is 0.330 e. The first kappa shape index (κ1) is 24.3. The van der Waals surface area contributed by atoms with Crippen molar-refractivity contribution in [1.82, 2.24) is 0 Å². The molecule has 0 saturated heterocycles. The molecule has 0 radical (unpaired) electrons. The average Bonchev–Trinajstić information content (AvgIpc) is 2.77. The van der Waals surface area contributed by atoms with E-state index < -0.39 is 0 Å². The normalized spacial score (nSPS) is 11.8. The molecular weight excluding hydrogens is 384 g/mol. The lowest BCUT2D eigenvalue weighted by Gasteiger charge is -2.13. The lowest BCUT2D eigenvalue weighted by atomic mass is 9.98. The van der Waals surface area contributed by atoms with E-state index in [-0.39, 0.29) is 5.97 Å². The zero-order valence-electron chi connectivity index (χ0n) is 19.2. The Hall–Kier alpha value is -2.99. The number of rotatable bonds is 10. The van der Waals surface area contributed by atoms with E-state index in [2.05, 4.69) is 37.3 Å². The molecule has 0 saturated carbocycles. The average molecular weight is 419 g/mol. The first-order chi connectivity index (χ1) is 15.0. The molecule has 0 fully saturated rings. The molecule has 0 heterocycles. The van der Waals surface area contributed by atoms with Crippen molar-refractivity contribution in [2.75, 3.05) is 13.7 Å². The van der Waals surface area contributed by atoms with Crippen LogP contribution in [-0.2, 0) is 9.53 Å². The van der Waals surface area contributed by atoms with Gasteiger partial charge in [0.15, 0.2) is 0 Å². The van der Waals surface area contributed by atoms with Gasteiger partial charge in [0.1, 0.15) is 5.75 Å². The SMILES string of the molecule is COC(=O)C=Cc1ccc(C#Cc2ccc(OCCC(C)CCCC(C)C)cc2)cc1. The quantitative estimate of drug-likeness (QED) is 0.251. The smallest absolute Gasteiger partial charge is 0.330 e. The number of methoxy groups -OCH3 is 1. The maximum atomic E-state index is 11.1. The summed E-state index contributed by atoms with van der Waals surface area (Å²) in [6.45, 7) is 7.63. The Labute approximate surface area is 187 Å². The van der Waals surface area contributed by atoms with Crippen molar-refractivity contribution in [2.24, 2.45) is 11.8 Å². The number of ether oxygens (including phenoxy) is 2. The second-order valence-corrected chi connectivity index (χ2v) is 8.32. The zero-order chi connectivity index (χ0) is 22.5. The first-order valence-corrected chi connectivity index (χ1v) is 11.1. The summed E-state index contributed by atoms with van der Waals surface area (Å²) >= 11 is 0. The minimum atomic E-state index is -0.368. The van der Waals surface area contributed by atoms with Gasteiger partial charge < -0.3 is 9.47 Å². The Morgan fingerprint density at radius 1 is 0.903 bits per heavy atom. The topological polar surface area (TPSA) is 35.5 Å². The fourth-order valence-electron chi connectivity index (χ4n) is 3.09. The lowest BCUT2D eigenvalue weighted by Crippen LogP contribution is -2.04. The monoisotopic (exact) mass is 418 g/mol. The number of carbonyl (C=O) groups is 1. The van der Waals surface area contributed by atoms with E-state index in [1.54, 1.807) is 6.08 Å². The van der Waals surface area contributed by atoms with Crippen molar-refractivity contribution in [3.63, 3.8) is 0 Å². The largest absolute Gasteiger partial charge is 0.494 e. The van der Waals surface area contributed by atoms with Gasteiger partial charge in [0.2, 0.25) is 0 Å². The molecule has 3 nitrogen and oxygen atoms in total. The molecule has 0 aliphatic carbocycles. The molecule has 1 unspecified atom stereocenters. The number of esters is 1. The molecule has 164 valence electrons. The fraction of sp³-hybridized carbons (Fsp3) is 0.393. The molecule has 3 heteroatoms. The van der Waals surface area contributed by atoms with Crippen LogP contribution < -0.4 is 4.74 Å². The van der Waals surface area contributed by atoms with Crippen molar-refractivity contribution in [1.29, 1.82) is 0 Å². The second-order valence-electron chi connectivity index (χ2n) is 8.32. The van der Waals surface area contributed by atoms with E-state index in [0.717, 1.165) is 41.4 Å². The van der Waals surface area contributed by atoms with Gasteiger partial charge in [-0.2, -0.15) is 0 Å². The number of benzene rings is 2. The summed E-state index contributed by atoms with van der Waals surface area (Å²) in [4.78, 5) is 11.1. The van der Waals surface area contributed by atoms with E-state index in [9.17, 15) is 4.79 Å². The minimum absolute atomic E-state index is 0.368. The number of hydrogen-bond acceptors (Lipinski definition) is 3. The molecular formula is C28H34O3. The summed E-state index contributed by atoms with van der Waals surface area (Å²) in [7, 11) is 1.36. The third-order valence-electron chi connectivity index (χ3n) is 5.09. The third-order valence-corrected chi connectivity index (χ3v) is 5.09. The van der Waals surface area contributed by atoms with Crippen LogP contribution in [0.5, 0.6) is 5.75 Å². The summed E-state index contributed by atoms with van der Waals surface area (Å²) in [5.74, 6) is 8.35. The van der Waals surface area contributed by atoms with Crippen LogP contribution in [-0.4, -0.2) is 19.7 Å². The highest BCUT2D eigenvalue weighted by Crippen LogP contribution is 2.17. The highest BCUT2D eigenvalue weighted by Gasteiger charge is 2.04. The highest BCUT2D eigenvalue weighted by molar-refractivity contribution is 5.86. The van der Waals surface area contributed by atoms with Gasteiger partial charge in [0.25, 0.3) is 0 Å². The van der Waals surface area contributed by atoms with Crippen LogP contribution in [0.1, 0.15) is 63.1 Å². The Morgan fingerprint density at radius 2 is 1.52 bits per heavy atom. The molecule has 0 aliphatic heterocycles. The Bertz CT molecular complexity index is 881. The van der Waals surface area contributed by atoms with Crippen molar-refractivity contribution in [3.05, 3.63) is 71.3 Å². The van der Waals surface area contributed by atoms with Crippen LogP contribution in [0.2, 0.25) is 0 Å². The zero-order valence-corrected chi connectivity index (χ0v) is 19.2. The summed E-state index contributed by atoms with van der Waals surface area (Å²) in [6, 6.07) is 15.6. The summed E-state index contributed by atoms with van der Waals surface area (Å²) < 4.78 is 10.5. The standard InChI is InChI=1S/C28H34O3/c1-22(2)6-5-7-23(3)20-21-31-27-17-14-26(15-18-27)13-10-24-8-11-25(12-9-24)16-19-28(29)30-4/h8-9,11-12,14-19,22-23H,5-7,20-21H2,1-4H3. The van der Waals surface area contributed by atoms with Crippen LogP contribution >= 0.6 is 0 Å². The van der Waals surface area contributed by atoms with Crippen molar-refractivity contribution in [3.8, 4) is 17.6 Å². The highest BCUT2D eigenvalue weighted by atomic mass is 16.5. The molecule has 2 aromatic carbocycles. The maximum absolute atomic E-state index is 11.1. The van der Waals surface area contributed by atoms with Gasteiger partial charge >= 0.3 is 5.97 Å². The van der Waals surface area contributed by atoms with E-state index >= 15 is 0 Å². The predicted molar refractivity (Wildman–Crippen MR) is 128 cm³/mol. The van der Waals surface area contributed by atoms with Gasteiger partial charge in [0, 0.05) is 17.2 Å². The Morgan fingerprint density at radius 3 is 2.10 bits per heavy atom. The molecule has 0 aromatic heterocycles. The van der Waals surface area contributed by atoms with Gasteiger partial charge in [-0.1, -0.05) is 64.0 Å². The molecule has 1 atom stereocenters. The van der Waals surface area contributed by atoms with Gasteiger partial charge in [-0.05, 0) is 66.3 Å². The Balaban J connectivity index is 1.79. The molecule has 31 heavy (non-hydrogen) atoms. The van der Waals surface area contributed by atoms with E-state index in [0.29, 0.717) is 5.92 Å². The van der Waals surface area contributed by atoms with Crippen molar-refractivity contribution < 1.29 is 14.3 Å². The first-order valence-electron chi connectivity index (χ1n) is 11.1. The van der Waals surface area contributed by atoms with E-state index in [1.807, 2.05) is 48.5 Å². The summed E-state index contributed by atoms with van der Waals surface area (Å²) in [5, 5.41) is 0. The molecule has 0 amide bonds. The van der Waals surface area contributed by atoms with Crippen molar-refractivity contribution >= 4 is 12.0 Å². The Kier molecular flexibility index (Phi) is 10.4. The molecule has 2 rings (SSSR count). The minimum Gasteiger partial charge on any atom is -0.494 e. The van der Waals surface area contributed by atoms with E-state index in [1.165, 1.54) is 32.4 Å². The number of hydrogen-bond donors (Lipinski definition) is 0. The molecule has 0 aliphatic rings.